The van der Waals surface area contributed by atoms with Gasteiger partial charge in [-0.05, 0) is 52.8 Å². The fourth-order valence-corrected chi connectivity index (χ4v) is 2.55. The van der Waals surface area contributed by atoms with Crippen LogP contribution >= 0.6 is 0 Å². The van der Waals surface area contributed by atoms with Crippen molar-refractivity contribution < 1.29 is 4.74 Å². The van der Waals surface area contributed by atoms with Crippen LogP contribution in [0.4, 0.5) is 0 Å². The number of aromatic nitrogens is 1. The minimum atomic E-state index is 0.531. The Kier molecular flexibility index (Phi) is 7.68. The molecule has 0 aliphatic heterocycles. The molecule has 120 valence electrons. The minimum absolute atomic E-state index is 0.531. The smallest absolute Gasteiger partial charge is 0.213 e. The van der Waals surface area contributed by atoms with Gasteiger partial charge >= 0.3 is 0 Å². The van der Waals surface area contributed by atoms with Gasteiger partial charge in [0.2, 0.25) is 5.88 Å². The predicted octanol–water partition coefficient (Wildman–Crippen LogP) is 2.86. The summed E-state index contributed by atoms with van der Waals surface area (Å²) in [5.74, 6) is 0.743. The quantitative estimate of drug-likeness (QED) is 0.760. The number of pyridine rings is 1. The molecule has 4 nitrogen and oxygen atoms in total. The Morgan fingerprint density at radius 1 is 1.19 bits per heavy atom. The molecule has 0 fully saturated rings. The van der Waals surface area contributed by atoms with E-state index >= 15 is 0 Å². The lowest BCUT2D eigenvalue weighted by molar-refractivity contribution is 0.140. The van der Waals surface area contributed by atoms with E-state index in [-0.39, 0.29) is 0 Å². The van der Waals surface area contributed by atoms with Crippen LogP contribution in [0.1, 0.15) is 45.9 Å². The second-order valence-electron chi connectivity index (χ2n) is 5.96. The molecule has 4 heteroatoms. The highest BCUT2D eigenvalue weighted by atomic mass is 16.5. The van der Waals surface area contributed by atoms with E-state index in [1.165, 1.54) is 5.56 Å². The second-order valence-corrected chi connectivity index (χ2v) is 5.96. The van der Waals surface area contributed by atoms with Crippen LogP contribution in [0.3, 0.4) is 0 Å². The first-order chi connectivity index (χ1) is 9.97. The fraction of sp³-hybridized carbons (Fsp3) is 0.706. The summed E-state index contributed by atoms with van der Waals surface area (Å²) >= 11 is 0. The maximum atomic E-state index is 5.89. The molecule has 0 spiro atoms. The third-order valence-corrected chi connectivity index (χ3v) is 3.58. The van der Waals surface area contributed by atoms with Gasteiger partial charge in [-0.1, -0.05) is 6.92 Å². The van der Waals surface area contributed by atoms with E-state index in [4.69, 9.17) is 4.74 Å². The molecule has 0 radical (unpaired) electrons. The lowest BCUT2D eigenvalue weighted by Gasteiger charge is -2.30. The van der Waals surface area contributed by atoms with Gasteiger partial charge in [0.25, 0.3) is 0 Å². The van der Waals surface area contributed by atoms with Crippen molar-refractivity contribution in [1.29, 1.82) is 0 Å². The lowest BCUT2D eigenvalue weighted by Crippen LogP contribution is -2.39. The number of aryl methyl sites for hydroxylation is 1. The van der Waals surface area contributed by atoms with Crippen molar-refractivity contribution in [2.45, 2.75) is 59.7 Å². The highest BCUT2D eigenvalue weighted by Crippen LogP contribution is 2.14. The molecule has 0 saturated heterocycles. The molecule has 1 N–H and O–H groups in total. The molecule has 0 aromatic carbocycles. The first-order valence-electron chi connectivity index (χ1n) is 8.00. The molecule has 0 saturated carbocycles. The predicted molar refractivity (Wildman–Crippen MR) is 88.9 cm³/mol. The van der Waals surface area contributed by atoms with Crippen LogP contribution in [0, 0.1) is 0 Å². The van der Waals surface area contributed by atoms with Crippen molar-refractivity contribution in [1.82, 2.24) is 15.2 Å². The van der Waals surface area contributed by atoms with Crippen molar-refractivity contribution in [3.63, 3.8) is 0 Å². The number of nitrogens with one attached hydrogen (secondary N) is 1. The highest BCUT2D eigenvalue weighted by molar-refractivity contribution is 5.25. The van der Waals surface area contributed by atoms with E-state index in [0.29, 0.717) is 18.7 Å². The molecule has 0 atom stereocenters. The fourth-order valence-electron chi connectivity index (χ4n) is 2.55. The average Bonchev–Trinajstić information content (AvgIpc) is 2.42. The molecule has 1 heterocycles. The zero-order valence-electron chi connectivity index (χ0n) is 14.4. The average molecular weight is 293 g/mol. The van der Waals surface area contributed by atoms with Crippen LogP contribution in [-0.2, 0) is 13.0 Å². The molecule has 1 rings (SSSR count). The number of hydrogen-bond acceptors (Lipinski definition) is 4. The summed E-state index contributed by atoms with van der Waals surface area (Å²) in [6.07, 6.45) is 0.929. The van der Waals surface area contributed by atoms with Crippen LogP contribution in [-0.4, -0.2) is 42.2 Å². The van der Waals surface area contributed by atoms with E-state index in [2.05, 4.69) is 55.9 Å². The van der Waals surface area contributed by atoms with E-state index in [1.54, 1.807) is 0 Å². The van der Waals surface area contributed by atoms with Gasteiger partial charge in [-0.25, -0.2) is 4.98 Å². The summed E-state index contributed by atoms with van der Waals surface area (Å²) in [5, 5.41) is 3.18. The van der Waals surface area contributed by atoms with Crippen molar-refractivity contribution in [2.75, 3.05) is 20.2 Å². The van der Waals surface area contributed by atoms with Crippen molar-refractivity contribution in [2.24, 2.45) is 0 Å². The van der Waals surface area contributed by atoms with E-state index in [9.17, 15) is 0 Å². The summed E-state index contributed by atoms with van der Waals surface area (Å²) in [6.45, 7) is 13.5. The van der Waals surface area contributed by atoms with Gasteiger partial charge in [-0.15, -0.1) is 0 Å². The number of rotatable bonds is 9. The maximum Gasteiger partial charge on any atom is 0.213 e. The number of hydrogen-bond donors (Lipinski definition) is 1. The zero-order valence-corrected chi connectivity index (χ0v) is 14.4. The summed E-state index contributed by atoms with van der Waals surface area (Å²) in [4.78, 5) is 6.98. The molecule has 0 aliphatic carbocycles. The normalized spacial score (nSPS) is 11.7. The van der Waals surface area contributed by atoms with E-state index in [0.717, 1.165) is 31.1 Å². The molecular formula is C17H31N3O. The summed E-state index contributed by atoms with van der Waals surface area (Å²) in [7, 11) is 1.95. The zero-order chi connectivity index (χ0) is 15.8. The monoisotopic (exact) mass is 293 g/mol. The van der Waals surface area contributed by atoms with E-state index in [1.807, 2.05) is 13.1 Å². The van der Waals surface area contributed by atoms with Crippen LogP contribution in [0.15, 0.2) is 12.1 Å². The number of ether oxygens (including phenoxy) is 1. The second kappa shape index (κ2) is 9.00. The Hall–Kier alpha value is -1.13. The Morgan fingerprint density at radius 2 is 1.86 bits per heavy atom. The first kappa shape index (κ1) is 17.9. The standard InChI is InChI=1S/C17H31N3O/c1-7-16-10-15(12-18-6)11-17(19-16)21-9-8-20(13(2)3)14(4)5/h10-11,13-14,18H,7-9,12H2,1-6H3. The summed E-state index contributed by atoms with van der Waals surface area (Å²) in [6, 6.07) is 5.23. The molecule has 0 unspecified atom stereocenters. The van der Waals surface area contributed by atoms with Crippen molar-refractivity contribution in [3.8, 4) is 5.88 Å². The van der Waals surface area contributed by atoms with Crippen LogP contribution in [0.5, 0.6) is 5.88 Å². The van der Waals surface area contributed by atoms with Crippen molar-refractivity contribution >= 4 is 0 Å². The SMILES string of the molecule is CCc1cc(CNC)cc(OCCN(C(C)C)C(C)C)n1. The van der Waals surface area contributed by atoms with Crippen LogP contribution < -0.4 is 10.1 Å². The third-order valence-electron chi connectivity index (χ3n) is 3.58. The Morgan fingerprint density at radius 3 is 2.38 bits per heavy atom. The largest absolute Gasteiger partial charge is 0.476 e. The van der Waals surface area contributed by atoms with Gasteiger partial charge in [0.1, 0.15) is 6.61 Å². The Labute approximate surface area is 129 Å². The molecule has 0 aliphatic rings. The summed E-state index contributed by atoms with van der Waals surface area (Å²) in [5.41, 5.74) is 2.31. The molecule has 0 amide bonds. The van der Waals surface area contributed by atoms with E-state index < -0.39 is 0 Å². The van der Waals surface area contributed by atoms with Gasteiger partial charge in [-0.3, -0.25) is 4.90 Å². The molecule has 1 aromatic heterocycles. The molecule has 21 heavy (non-hydrogen) atoms. The first-order valence-corrected chi connectivity index (χ1v) is 8.00. The highest BCUT2D eigenvalue weighted by Gasteiger charge is 2.13. The van der Waals surface area contributed by atoms with Crippen LogP contribution in [0.2, 0.25) is 0 Å². The minimum Gasteiger partial charge on any atom is -0.476 e. The molecule has 0 bridgehead atoms. The van der Waals surface area contributed by atoms with Gasteiger partial charge < -0.3 is 10.1 Å². The lowest BCUT2D eigenvalue weighted by atomic mass is 10.2. The Bertz CT molecular complexity index is 410. The van der Waals surface area contributed by atoms with Crippen molar-refractivity contribution in [3.05, 3.63) is 23.4 Å². The third kappa shape index (κ3) is 6.02. The van der Waals surface area contributed by atoms with Gasteiger partial charge in [-0.2, -0.15) is 0 Å². The maximum absolute atomic E-state index is 5.89. The number of nitrogens with zero attached hydrogens (tertiary/aromatic N) is 2. The topological polar surface area (TPSA) is 37.4 Å². The Balaban J connectivity index is 2.63. The summed E-state index contributed by atoms with van der Waals surface area (Å²) < 4.78 is 5.89. The van der Waals surface area contributed by atoms with Crippen LogP contribution in [0.25, 0.3) is 0 Å². The van der Waals surface area contributed by atoms with Gasteiger partial charge in [0.05, 0.1) is 0 Å². The molecular weight excluding hydrogens is 262 g/mol. The molecule has 1 aromatic rings. The van der Waals surface area contributed by atoms with Gasteiger partial charge in [0, 0.05) is 36.9 Å². The van der Waals surface area contributed by atoms with Gasteiger partial charge in [0.15, 0.2) is 0 Å².